The van der Waals surface area contributed by atoms with Crippen molar-refractivity contribution in [3.63, 3.8) is 0 Å². The van der Waals surface area contributed by atoms with E-state index in [0.29, 0.717) is 5.75 Å². The van der Waals surface area contributed by atoms with E-state index in [1.807, 2.05) is 24.3 Å². The standard InChI is InChI=1S/C18H18O2/c1-4-18(19)20-17-11-6-5-9-16(17)12-15-10-7-8-13(2)14(15)3/h4-11H,1,12H2,2-3H3. The van der Waals surface area contributed by atoms with Gasteiger partial charge in [0.05, 0.1) is 0 Å². The minimum absolute atomic E-state index is 0.432. The van der Waals surface area contributed by atoms with Crippen LogP contribution in [0, 0.1) is 13.8 Å². The molecule has 2 nitrogen and oxygen atoms in total. The second-order valence-electron chi connectivity index (χ2n) is 4.77. The number of aryl methyl sites for hydroxylation is 1. The normalized spacial score (nSPS) is 10.1. The summed E-state index contributed by atoms with van der Waals surface area (Å²) >= 11 is 0. The van der Waals surface area contributed by atoms with Gasteiger partial charge in [-0.25, -0.2) is 4.79 Å². The molecule has 0 heterocycles. The van der Waals surface area contributed by atoms with Gasteiger partial charge in [0.25, 0.3) is 0 Å². The van der Waals surface area contributed by atoms with E-state index in [0.717, 1.165) is 12.0 Å². The molecule has 0 spiro atoms. The average molecular weight is 266 g/mol. The van der Waals surface area contributed by atoms with Crippen molar-refractivity contribution in [1.29, 1.82) is 0 Å². The van der Waals surface area contributed by atoms with Gasteiger partial charge in [-0.15, -0.1) is 0 Å². The third-order valence-electron chi connectivity index (χ3n) is 3.45. The molecule has 0 aliphatic heterocycles. The van der Waals surface area contributed by atoms with Gasteiger partial charge < -0.3 is 4.74 Å². The third kappa shape index (κ3) is 3.15. The molecular formula is C18H18O2. The molecule has 0 aliphatic rings. The van der Waals surface area contributed by atoms with Crippen molar-refractivity contribution in [1.82, 2.24) is 0 Å². The molecule has 20 heavy (non-hydrogen) atoms. The molecule has 0 atom stereocenters. The quantitative estimate of drug-likeness (QED) is 0.475. The summed E-state index contributed by atoms with van der Waals surface area (Å²) in [4.78, 5) is 11.4. The van der Waals surface area contributed by atoms with Crippen LogP contribution in [0.15, 0.2) is 55.1 Å². The molecule has 102 valence electrons. The summed E-state index contributed by atoms with van der Waals surface area (Å²) in [7, 11) is 0. The van der Waals surface area contributed by atoms with Gasteiger partial charge in [0, 0.05) is 12.5 Å². The number of carbonyl (C=O) groups excluding carboxylic acids is 1. The fourth-order valence-corrected chi connectivity index (χ4v) is 2.11. The fraction of sp³-hybridized carbons (Fsp3) is 0.167. The minimum atomic E-state index is -0.432. The van der Waals surface area contributed by atoms with Gasteiger partial charge in [-0.3, -0.25) is 0 Å². The van der Waals surface area contributed by atoms with E-state index in [4.69, 9.17) is 4.74 Å². The summed E-state index contributed by atoms with van der Waals surface area (Å²) < 4.78 is 5.28. The number of ether oxygens (including phenoxy) is 1. The highest BCUT2D eigenvalue weighted by atomic mass is 16.5. The van der Waals surface area contributed by atoms with E-state index in [9.17, 15) is 4.79 Å². The van der Waals surface area contributed by atoms with Crippen molar-refractivity contribution in [3.8, 4) is 5.75 Å². The van der Waals surface area contributed by atoms with Crippen LogP contribution in [-0.2, 0) is 11.2 Å². The monoisotopic (exact) mass is 266 g/mol. The number of para-hydroxylation sites is 1. The molecule has 0 N–H and O–H groups in total. The lowest BCUT2D eigenvalue weighted by atomic mass is 9.97. The summed E-state index contributed by atoms with van der Waals surface area (Å²) in [6.45, 7) is 7.64. The molecule has 2 rings (SSSR count). The van der Waals surface area contributed by atoms with Gasteiger partial charge in [0.15, 0.2) is 0 Å². The Kier molecular flexibility index (Phi) is 4.36. The molecule has 2 aromatic rings. The van der Waals surface area contributed by atoms with Crippen molar-refractivity contribution in [2.24, 2.45) is 0 Å². The number of hydrogen-bond acceptors (Lipinski definition) is 2. The molecule has 0 bridgehead atoms. The first-order valence-electron chi connectivity index (χ1n) is 6.59. The zero-order chi connectivity index (χ0) is 14.5. The maximum absolute atomic E-state index is 11.4. The van der Waals surface area contributed by atoms with Crippen LogP contribution in [0.2, 0.25) is 0 Å². The summed E-state index contributed by atoms with van der Waals surface area (Å²) in [5.74, 6) is 0.164. The van der Waals surface area contributed by atoms with Crippen molar-refractivity contribution < 1.29 is 9.53 Å². The highest BCUT2D eigenvalue weighted by Gasteiger charge is 2.09. The van der Waals surface area contributed by atoms with Gasteiger partial charge >= 0.3 is 5.97 Å². The summed E-state index contributed by atoms with van der Waals surface area (Å²) in [5.41, 5.74) is 4.78. The second kappa shape index (κ2) is 6.20. The first kappa shape index (κ1) is 14.1. The number of benzene rings is 2. The number of carbonyl (C=O) groups is 1. The first-order chi connectivity index (χ1) is 9.61. The Morgan fingerprint density at radius 3 is 2.55 bits per heavy atom. The summed E-state index contributed by atoms with van der Waals surface area (Å²) in [5, 5.41) is 0. The largest absolute Gasteiger partial charge is 0.423 e. The van der Waals surface area contributed by atoms with Crippen LogP contribution in [0.5, 0.6) is 5.75 Å². The molecule has 0 saturated carbocycles. The highest BCUT2D eigenvalue weighted by Crippen LogP contribution is 2.24. The molecule has 0 saturated heterocycles. The minimum Gasteiger partial charge on any atom is -0.423 e. The van der Waals surface area contributed by atoms with Gasteiger partial charge in [-0.05, 0) is 42.2 Å². The first-order valence-corrected chi connectivity index (χ1v) is 6.59. The number of esters is 1. The van der Waals surface area contributed by atoms with E-state index in [1.165, 1.54) is 22.8 Å². The Labute approximate surface area is 119 Å². The van der Waals surface area contributed by atoms with Crippen LogP contribution in [0.4, 0.5) is 0 Å². The third-order valence-corrected chi connectivity index (χ3v) is 3.45. The van der Waals surface area contributed by atoms with Crippen molar-refractivity contribution in [2.45, 2.75) is 20.3 Å². The number of rotatable bonds is 4. The van der Waals surface area contributed by atoms with Crippen molar-refractivity contribution >= 4 is 5.97 Å². The van der Waals surface area contributed by atoms with E-state index in [1.54, 1.807) is 0 Å². The van der Waals surface area contributed by atoms with Crippen LogP contribution in [-0.4, -0.2) is 5.97 Å². The van der Waals surface area contributed by atoms with E-state index in [2.05, 4.69) is 38.6 Å². The molecular weight excluding hydrogens is 248 g/mol. The topological polar surface area (TPSA) is 26.3 Å². The van der Waals surface area contributed by atoms with Crippen LogP contribution in [0.3, 0.4) is 0 Å². The zero-order valence-electron chi connectivity index (χ0n) is 11.8. The molecule has 0 amide bonds. The molecule has 0 aromatic heterocycles. The average Bonchev–Trinajstić information content (AvgIpc) is 2.45. The summed E-state index contributed by atoms with van der Waals surface area (Å²) in [6, 6.07) is 13.9. The Morgan fingerprint density at radius 1 is 1.10 bits per heavy atom. The van der Waals surface area contributed by atoms with Crippen molar-refractivity contribution in [3.05, 3.63) is 77.4 Å². The lowest BCUT2D eigenvalue weighted by molar-refractivity contribution is -0.129. The summed E-state index contributed by atoms with van der Waals surface area (Å²) in [6.07, 6.45) is 1.92. The molecule has 0 fully saturated rings. The van der Waals surface area contributed by atoms with E-state index in [-0.39, 0.29) is 0 Å². The Bertz CT molecular complexity index is 642. The Hall–Kier alpha value is -2.35. The van der Waals surface area contributed by atoms with Crippen LogP contribution in [0.25, 0.3) is 0 Å². The predicted molar refractivity (Wildman–Crippen MR) is 81.0 cm³/mol. The second-order valence-corrected chi connectivity index (χ2v) is 4.77. The Morgan fingerprint density at radius 2 is 1.80 bits per heavy atom. The van der Waals surface area contributed by atoms with Gasteiger partial charge in [-0.2, -0.15) is 0 Å². The fourth-order valence-electron chi connectivity index (χ4n) is 2.11. The lowest BCUT2D eigenvalue weighted by Gasteiger charge is -2.12. The molecule has 0 unspecified atom stereocenters. The molecule has 2 aromatic carbocycles. The SMILES string of the molecule is C=CC(=O)Oc1ccccc1Cc1cccc(C)c1C. The lowest BCUT2D eigenvalue weighted by Crippen LogP contribution is -2.06. The predicted octanol–water partition coefficient (Wildman–Crippen LogP) is 3.99. The highest BCUT2D eigenvalue weighted by molar-refractivity contribution is 5.83. The van der Waals surface area contributed by atoms with E-state index >= 15 is 0 Å². The van der Waals surface area contributed by atoms with Crippen LogP contribution < -0.4 is 4.74 Å². The van der Waals surface area contributed by atoms with Crippen LogP contribution >= 0.6 is 0 Å². The van der Waals surface area contributed by atoms with E-state index < -0.39 is 5.97 Å². The Balaban J connectivity index is 2.31. The zero-order valence-corrected chi connectivity index (χ0v) is 11.8. The van der Waals surface area contributed by atoms with Crippen molar-refractivity contribution in [2.75, 3.05) is 0 Å². The molecule has 0 radical (unpaired) electrons. The maximum atomic E-state index is 11.4. The smallest absolute Gasteiger partial charge is 0.335 e. The molecule has 2 heteroatoms. The van der Waals surface area contributed by atoms with Gasteiger partial charge in [0.1, 0.15) is 5.75 Å². The van der Waals surface area contributed by atoms with Crippen LogP contribution in [0.1, 0.15) is 22.3 Å². The van der Waals surface area contributed by atoms with Gasteiger partial charge in [0.2, 0.25) is 0 Å². The molecule has 0 aliphatic carbocycles. The van der Waals surface area contributed by atoms with Gasteiger partial charge in [-0.1, -0.05) is 43.0 Å². The number of hydrogen-bond donors (Lipinski definition) is 0. The maximum Gasteiger partial charge on any atom is 0.335 e.